The monoisotopic (exact) mass is 598 g/mol. The van der Waals surface area contributed by atoms with Crippen LogP contribution in [0.25, 0.3) is 11.1 Å². The van der Waals surface area contributed by atoms with Gasteiger partial charge in [0.2, 0.25) is 0 Å². The van der Waals surface area contributed by atoms with Gasteiger partial charge >= 0.3 is 0 Å². The summed E-state index contributed by atoms with van der Waals surface area (Å²) in [5, 5.41) is 12.0. The first kappa shape index (κ1) is 32.1. The van der Waals surface area contributed by atoms with Crippen LogP contribution in [0.2, 0.25) is 0 Å². The molecule has 3 aromatic rings. The molecule has 0 aromatic heterocycles. The number of rotatable bonds is 17. The van der Waals surface area contributed by atoms with Crippen LogP contribution < -0.4 is 23.7 Å². The summed E-state index contributed by atoms with van der Waals surface area (Å²) in [5.74, 6) is 2.51. The number of ether oxygens (including phenoxy) is 10. The quantitative estimate of drug-likeness (QED) is 0.217. The van der Waals surface area contributed by atoms with E-state index in [4.69, 9.17) is 47.4 Å². The lowest BCUT2D eigenvalue weighted by atomic mass is 9.92. The van der Waals surface area contributed by atoms with Gasteiger partial charge in [0.05, 0.1) is 13.7 Å². The van der Waals surface area contributed by atoms with E-state index in [9.17, 15) is 5.11 Å². The Hall–Kier alpha value is -3.84. The predicted molar refractivity (Wildman–Crippen MR) is 157 cm³/mol. The van der Waals surface area contributed by atoms with E-state index in [0.717, 1.165) is 16.7 Å². The van der Waals surface area contributed by atoms with Gasteiger partial charge in [-0.15, -0.1) is 0 Å². The molecule has 11 heteroatoms. The molecule has 0 radical (unpaired) electrons. The highest BCUT2D eigenvalue weighted by molar-refractivity contribution is 6.07. The number of benzene rings is 3. The van der Waals surface area contributed by atoms with Gasteiger partial charge in [0.15, 0.2) is 27.2 Å². The lowest BCUT2D eigenvalue weighted by molar-refractivity contribution is 0.0454. The van der Waals surface area contributed by atoms with Crippen LogP contribution >= 0.6 is 0 Å². The first-order valence-electron chi connectivity index (χ1n) is 13.4. The number of methoxy groups -OCH3 is 6. The summed E-state index contributed by atoms with van der Waals surface area (Å²) < 4.78 is 55.1. The van der Waals surface area contributed by atoms with Crippen molar-refractivity contribution in [2.45, 2.75) is 12.7 Å². The van der Waals surface area contributed by atoms with E-state index < -0.39 is 6.10 Å². The van der Waals surface area contributed by atoms with Gasteiger partial charge in [0, 0.05) is 69.9 Å². The Morgan fingerprint density at radius 1 is 0.581 bits per heavy atom. The number of hydrogen-bond acceptors (Lipinski definition) is 11. The maximum Gasteiger partial charge on any atom is 0.188 e. The molecule has 0 fully saturated rings. The molecule has 1 unspecified atom stereocenters. The summed E-state index contributed by atoms with van der Waals surface area (Å²) in [6.07, 6.45) is -1.08. The molecule has 43 heavy (non-hydrogen) atoms. The van der Waals surface area contributed by atoms with Crippen LogP contribution in [0.15, 0.2) is 48.5 Å². The van der Waals surface area contributed by atoms with Crippen molar-refractivity contribution in [3.05, 3.63) is 76.3 Å². The van der Waals surface area contributed by atoms with E-state index in [1.165, 1.54) is 28.4 Å². The minimum absolute atomic E-state index is 0.0169. The molecule has 3 aromatic carbocycles. The molecule has 11 nitrogen and oxygen atoms in total. The van der Waals surface area contributed by atoms with E-state index in [1.54, 1.807) is 32.4 Å². The van der Waals surface area contributed by atoms with Crippen LogP contribution in [-0.4, -0.2) is 74.9 Å². The Morgan fingerprint density at radius 3 is 1.72 bits per heavy atom. The molecule has 1 N–H and O–H groups in total. The Kier molecular flexibility index (Phi) is 11.6. The topological polar surface area (TPSA) is 113 Å². The lowest BCUT2D eigenvalue weighted by Gasteiger charge is -2.18. The second-order valence-electron chi connectivity index (χ2n) is 9.43. The standard InChI is InChI=1S/C32H38O11/c1-34-15-21-8-7-20(11-27(21)39-6)29-30(22-9-23(40-16-35-2)12-24(10-22)41-17-36-3)32(33)26-13-25(42-18-37-4)14-28(31(26)29)43-19-38-5/h7-14,32-33H,15-19H2,1-6H3. The fourth-order valence-corrected chi connectivity index (χ4v) is 4.89. The molecule has 4 rings (SSSR count). The van der Waals surface area contributed by atoms with Crippen molar-refractivity contribution in [3.8, 4) is 28.7 Å². The third kappa shape index (κ3) is 7.39. The molecule has 0 aliphatic heterocycles. The average molecular weight is 599 g/mol. The number of fused-ring (bicyclic) bond motifs is 1. The maximum atomic E-state index is 12.0. The molecule has 0 bridgehead atoms. The molecule has 0 saturated carbocycles. The van der Waals surface area contributed by atoms with Crippen molar-refractivity contribution in [2.24, 2.45) is 0 Å². The Labute approximate surface area is 251 Å². The van der Waals surface area contributed by atoms with Crippen LogP contribution in [0.5, 0.6) is 28.7 Å². The van der Waals surface area contributed by atoms with Crippen molar-refractivity contribution >= 4 is 11.1 Å². The van der Waals surface area contributed by atoms with Crippen LogP contribution in [0.1, 0.15) is 33.9 Å². The highest BCUT2D eigenvalue weighted by atomic mass is 16.7. The fraction of sp³-hybridized carbons (Fsp3) is 0.375. The highest BCUT2D eigenvalue weighted by Gasteiger charge is 2.36. The summed E-state index contributed by atoms with van der Waals surface area (Å²) in [6, 6.07) is 14.7. The highest BCUT2D eigenvalue weighted by Crippen LogP contribution is 2.54. The van der Waals surface area contributed by atoms with Crippen molar-refractivity contribution in [3.63, 3.8) is 0 Å². The summed E-state index contributed by atoms with van der Waals surface area (Å²) >= 11 is 0. The second-order valence-corrected chi connectivity index (χ2v) is 9.43. The zero-order valence-electron chi connectivity index (χ0n) is 25.3. The second kappa shape index (κ2) is 15.6. The summed E-state index contributed by atoms with van der Waals surface area (Å²) in [4.78, 5) is 0. The molecule has 1 aliphatic rings. The first-order valence-corrected chi connectivity index (χ1v) is 13.4. The number of aliphatic hydroxyl groups excluding tert-OH is 1. The van der Waals surface area contributed by atoms with Gasteiger partial charge in [-0.25, -0.2) is 0 Å². The van der Waals surface area contributed by atoms with Crippen molar-refractivity contribution in [2.75, 3.05) is 69.8 Å². The summed E-state index contributed by atoms with van der Waals surface area (Å²) in [6.45, 7) is 0.411. The largest absolute Gasteiger partial charge is 0.496 e. The van der Waals surface area contributed by atoms with Gasteiger partial charge in [0.25, 0.3) is 0 Å². The molecule has 1 aliphatic carbocycles. The van der Waals surface area contributed by atoms with Gasteiger partial charge in [-0.05, 0) is 41.0 Å². The first-order chi connectivity index (χ1) is 21.0. The molecule has 0 spiro atoms. The molecular formula is C32H38O11. The van der Waals surface area contributed by atoms with Crippen LogP contribution in [0.4, 0.5) is 0 Å². The zero-order chi connectivity index (χ0) is 30.8. The van der Waals surface area contributed by atoms with E-state index >= 15 is 0 Å². The molecule has 232 valence electrons. The van der Waals surface area contributed by atoms with Gasteiger partial charge in [0.1, 0.15) is 34.9 Å². The third-order valence-corrected chi connectivity index (χ3v) is 6.62. The van der Waals surface area contributed by atoms with Gasteiger partial charge in [-0.2, -0.15) is 0 Å². The molecule has 0 amide bonds. The smallest absolute Gasteiger partial charge is 0.188 e. The van der Waals surface area contributed by atoms with Gasteiger partial charge in [-0.3, -0.25) is 0 Å². The van der Waals surface area contributed by atoms with E-state index in [-0.39, 0.29) is 27.2 Å². The van der Waals surface area contributed by atoms with E-state index in [2.05, 4.69) is 0 Å². The Morgan fingerprint density at radius 2 is 1.16 bits per heavy atom. The predicted octanol–water partition coefficient (Wildman–Crippen LogP) is 4.78. The zero-order valence-corrected chi connectivity index (χ0v) is 25.3. The van der Waals surface area contributed by atoms with Gasteiger partial charge < -0.3 is 52.5 Å². The number of hydrogen-bond donors (Lipinski definition) is 1. The minimum atomic E-state index is -1.08. The van der Waals surface area contributed by atoms with E-state index in [0.29, 0.717) is 57.6 Å². The molecule has 0 heterocycles. The van der Waals surface area contributed by atoms with Crippen LogP contribution in [0, 0.1) is 0 Å². The molecular weight excluding hydrogens is 560 g/mol. The molecule has 0 saturated heterocycles. The Bertz CT molecular complexity index is 1380. The average Bonchev–Trinajstić information content (AvgIpc) is 3.32. The maximum absolute atomic E-state index is 12.0. The van der Waals surface area contributed by atoms with Gasteiger partial charge in [-0.1, -0.05) is 12.1 Å². The minimum Gasteiger partial charge on any atom is -0.496 e. The van der Waals surface area contributed by atoms with Crippen molar-refractivity contribution in [1.82, 2.24) is 0 Å². The summed E-state index contributed by atoms with van der Waals surface area (Å²) in [7, 11) is 9.38. The Balaban J connectivity index is 2.01. The summed E-state index contributed by atoms with van der Waals surface area (Å²) in [5.41, 5.74) is 4.86. The normalized spacial score (nSPS) is 14.1. The van der Waals surface area contributed by atoms with Crippen LogP contribution in [-0.2, 0) is 30.3 Å². The number of aliphatic hydroxyl groups is 1. The lowest BCUT2D eigenvalue weighted by Crippen LogP contribution is -2.06. The van der Waals surface area contributed by atoms with Crippen LogP contribution in [0.3, 0.4) is 0 Å². The van der Waals surface area contributed by atoms with Crippen molar-refractivity contribution in [1.29, 1.82) is 0 Å². The SMILES string of the molecule is COCOc1cc(OCOC)cc(C2=C(c3ccc(COC)c(OC)c3)c3c(OCOC)cc(OCOC)cc3C2O)c1. The molecule has 1 atom stereocenters. The van der Waals surface area contributed by atoms with E-state index in [1.807, 2.05) is 30.3 Å². The fourth-order valence-electron chi connectivity index (χ4n) is 4.89. The third-order valence-electron chi connectivity index (χ3n) is 6.62. The van der Waals surface area contributed by atoms with Crippen molar-refractivity contribution < 1.29 is 52.5 Å².